The Morgan fingerprint density at radius 2 is 1.86 bits per heavy atom. The molecule has 0 saturated carbocycles. The first-order chi connectivity index (χ1) is 16.9. The van der Waals surface area contributed by atoms with Crippen molar-refractivity contribution in [3.63, 3.8) is 0 Å². The first kappa shape index (κ1) is 22.2. The number of para-hydroxylation sites is 2. The molecule has 10 nitrogen and oxygen atoms in total. The van der Waals surface area contributed by atoms with Crippen molar-refractivity contribution in [3.05, 3.63) is 80.6 Å². The lowest BCUT2D eigenvalue weighted by molar-refractivity contribution is -0.116. The highest BCUT2D eigenvalue weighted by molar-refractivity contribution is 5.91. The zero-order valence-electron chi connectivity index (χ0n) is 19.3. The van der Waals surface area contributed by atoms with Gasteiger partial charge in [0.1, 0.15) is 12.3 Å². The minimum atomic E-state index is -0.703. The summed E-state index contributed by atoms with van der Waals surface area (Å²) in [6.07, 6.45) is 0. The number of hydrogen-bond donors (Lipinski definition) is 1. The van der Waals surface area contributed by atoms with Gasteiger partial charge in [0.25, 0.3) is 5.56 Å². The molecule has 3 heterocycles. The minimum absolute atomic E-state index is 0.106. The molecule has 35 heavy (non-hydrogen) atoms. The van der Waals surface area contributed by atoms with Gasteiger partial charge >= 0.3 is 5.69 Å². The van der Waals surface area contributed by atoms with E-state index >= 15 is 0 Å². The largest absolute Gasteiger partial charge is 0.495 e. The third kappa shape index (κ3) is 3.88. The Bertz CT molecular complexity index is 1600. The number of carbonyl (C=O) groups excluding carboxylic acids is 1. The second-order valence-electron chi connectivity index (χ2n) is 8.08. The van der Waals surface area contributed by atoms with E-state index in [4.69, 9.17) is 14.2 Å². The molecule has 1 amide bonds. The van der Waals surface area contributed by atoms with E-state index in [1.165, 1.54) is 11.7 Å². The smallest absolute Gasteiger partial charge is 0.337 e. The zero-order chi connectivity index (χ0) is 24.7. The van der Waals surface area contributed by atoms with Crippen molar-refractivity contribution in [2.75, 3.05) is 19.2 Å². The Labute approximate surface area is 199 Å². The summed E-state index contributed by atoms with van der Waals surface area (Å²) in [6, 6.07) is 13.6. The number of hydrogen-bond acceptors (Lipinski definition) is 7. The number of rotatable bonds is 5. The number of aromatic nitrogens is 3. The molecule has 0 atom stereocenters. The van der Waals surface area contributed by atoms with E-state index in [2.05, 4.69) is 10.3 Å². The van der Waals surface area contributed by atoms with Crippen molar-refractivity contribution >= 4 is 22.6 Å². The summed E-state index contributed by atoms with van der Waals surface area (Å²) in [6.45, 7) is 3.17. The summed E-state index contributed by atoms with van der Waals surface area (Å²) in [5.74, 6) is 0.951. The first-order valence-corrected chi connectivity index (χ1v) is 10.8. The van der Waals surface area contributed by atoms with E-state index in [-0.39, 0.29) is 17.8 Å². The number of methoxy groups -OCH3 is 1. The predicted octanol–water partition coefficient (Wildman–Crippen LogP) is 2.54. The predicted molar refractivity (Wildman–Crippen MR) is 129 cm³/mol. The van der Waals surface area contributed by atoms with Crippen LogP contribution in [0.2, 0.25) is 0 Å². The van der Waals surface area contributed by atoms with Crippen LogP contribution in [0.1, 0.15) is 11.3 Å². The molecule has 0 saturated heterocycles. The molecule has 10 heteroatoms. The molecular weight excluding hydrogens is 452 g/mol. The van der Waals surface area contributed by atoms with Crippen LogP contribution in [0, 0.1) is 13.8 Å². The Hall–Kier alpha value is -4.60. The number of nitrogens with one attached hydrogen (secondary N) is 1. The van der Waals surface area contributed by atoms with Gasteiger partial charge in [-0.25, -0.2) is 18.9 Å². The molecule has 2 aromatic carbocycles. The number of amides is 1. The van der Waals surface area contributed by atoms with Gasteiger partial charge in [-0.1, -0.05) is 12.1 Å². The van der Waals surface area contributed by atoms with Crippen molar-refractivity contribution in [1.82, 2.24) is 14.1 Å². The lowest BCUT2D eigenvalue weighted by Crippen LogP contribution is -2.42. The van der Waals surface area contributed by atoms with Gasteiger partial charge in [0.15, 0.2) is 17.1 Å². The maximum Gasteiger partial charge on any atom is 0.337 e. The van der Waals surface area contributed by atoms with Crippen molar-refractivity contribution in [2.24, 2.45) is 0 Å². The van der Waals surface area contributed by atoms with Crippen LogP contribution in [0.3, 0.4) is 0 Å². The average Bonchev–Trinajstić information content (AvgIpc) is 3.29. The average molecular weight is 474 g/mol. The highest BCUT2D eigenvalue weighted by atomic mass is 16.7. The lowest BCUT2D eigenvalue weighted by Gasteiger charge is -2.17. The summed E-state index contributed by atoms with van der Waals surface area (Å²) >= 11 is 0. The summed E-state index contributed by atoms with van der Waals surface area (Å²) in [5, 5.41) is 2.95. The zero-order valence-corrected chi connectivity index (χ0v) is 19.3. The molecule has 0 spiro atoms. The van der Waals surface area contributed by atoms with Gasteiger partial charge in [0.2, 0.25) is 12.7 Å². The summed E-state index contributed by atoms with van der Waals surface area (Å²) in [5.41, 5.74) is 1.06. The molecule has 0 radical (unpaired) electrons. The number of aryl methyl sites for hydroxylation is 2. The van der Waals surface area contributed by atoms with Crippen LogP contribution in [0.25, 0.3) is 16.7 Å². The fourth-order valence-corrected chi connectivity index (χ4v) is 4.17. The van der Waals surface area contributed by atoms with E-state index in [1.54, 1.807) is 62.4 Å². The fraction of sp³-hybridized carbons (Fsp3) is 0.200. The molecule has 2 aromatic heterocycles. The molecule has 178 valence electrons. The van der Waals surface area contributed by atoms with E-state index < -0.39 is 23.7 Å². The maximum absolute atomic E-state index is 13.7. The third-order valence-electron chi connectivity index (χ3n) is 5.70. The van der Waals surface area contributed by atoms with Crippen molar-refractivity contribution in [3.8, 4) is 22.9 Å². The molecule has 0 unspecified atom stereocenters. The molecule has 0 aliphatic carbocycles. The second kappa shape index (κ2) is 8.64. The molecule has 1 N–H and O–H groups in total. The molecule has 0 fully saturated rings. The second-order valence-corrected chi connectivity index (χ2v) is 8.08. The van der Waals surface area contributed by atoms with Crippen LogP contribution in [0.5, 0.6) is 17.2 Å². The van der Waals surface area contributed by atoms with E-state index in [0.717, 1.165) is 4.57 Å². The van der Waals surface area contributed by atoms with Gasteiger partial charge in [-0.2, -0.15) is 0 Å². The Kier molecular flexibility index (Phi) is 5.48. The third-order valence-corrected chi connectivity index (χ3v) is 5.70. The van der Waals surface area contributed by atoms with Gasteiger partial charge in [0, 0.05) is 17.4 Å². The molecule has 4 aromatic rings. The van der Waals surface area contributed by atoms with Crippen molar-refractivity contribution in [1.29, 1.82) is 0 Å². The molecule has 0 bridgehead atoms. The normalized spacial score (nSPS) is 12.1. The minimum Gasteiger partial charge on any atom is -0.495 e. The van der Waals surface area contributed by atoms with E-state index in [9.17, 15) is 14.4 Å². The van der Waals surface area contributed by atoms with E-state index in [1.807, 2.05) is 0 Å². The quantitative estimate of drug-likeness (QED) is 0.473. The standard InChI is InChI=1S/C25H22N4O6/c1-14-10-15(2)26-23-22(14)24(31)28(25(32)29(23)17-6-4-5-7-18(17)33-3)12-21(30)27-16-8-9-19-20(11-16)35-13-34-19/h4-11H,12-13H2,1-3H3,(H,27,30). The van der Waals surface area contributed by atoms with Crippen LogP contribution in [-0.4, -0.2) is 33.9 Å². The Morgan fingerprint density at radius 3 is 2.66 bits per heavy atom. The van der Waals surface area contributed by atoms with Gasteiger partial charge < -0.3 is 19.5 Å². The van der Waals surface area contributed by atoms with Crippen LogP contribution >= 0.6 is 0 Å². The van der Waals surface area contributed by atoms with Crippen molar-refractivity contribution < 1.29 is 19.0 Å². The number of ether oxygens (including phenoxy) is 3. The summed E-state index contributed by atoms with van der Waals surface area (Å²) in [7, 11) is 1.49. The monoisotopic (exact) mass is 474 g/mol. The Morgan fingerprint density at radius 1 is 1.09 bits per heavy atom. The molecular formula is C25H22N4O6. The molecule has 1 aliphatic rings. The Balaban J connectivity index is 1.64. The number of benzene rings is 2. The SMILES string of the molecule is COc1ccccc1-n1c(=O)n(CC(=O)Nc2ccc3c(c2)OCO3)c(=O)c2c(C)cc(C)nc21. The number of pyridine rings is 1. The molecule has 5 rings (SSSR count). The van der Waals surface area contributed by atoms with Crippen LogP contribution in [0.4, 0.5) is 5.69 Å². The van der Waals surface area contributed by atoms with Gasteiger partial charge in [-0.3, -0.25) is 9.59 Å². The van der Waals surface area contributed by atoms with E-state index in [0.29, 0.717) is 39.9 Å². The van der Waals surface area contributed by atoms with Gasteiger partial charge in [0.05, 0.1) is 18.2 Å². The topological polar surface area (TPSA) is 114 Å². The molecule has 1 aliphatic heterocycles. The lowest BCUT2D eigenvalue weighted by atomic mass is 10.1. The number of anilines is 1. The summed E-state index contributed by atoms with van der Waals surface area (Å²) in [4.78, 5) is 44.5. The number of fused-ring (bicyclic) bond motifs is 2. The van der Waals surface area contributed by atoms with Gasteiger partial charge in [-0.15, -0.1) is 0 Å². The van der Waals surface area contributed by atoms with Crippen LogP contribution in [-0.2, 0) is 11.3 Å². The van der Waals surface area contributed by atoms with Crippen molar-refractivity contribution in [2.45, 2.75) is 20.4 Å². The van der Waals surface area contributed by atoms with Gasteiger partial charge in [-0.05, 0) is 49.7 Å². The number of nitrogens with zero attached hydrogens (tertiary/aromatic N) is 3. The van der Waals surface area contributed by atoms with Crippen LogP contribution in [0.15, 0.2) is 58.1 Å². The summed E-state index contributed by atoms with van der Waals surface area (Å²) < 4.78 is 18.3. The maximum atomic E-state index is 13.7. The highest BCUT2D eigenvalue weighted by Crippen LogP contribution is 2.34. The number of carbonyl (C=O) groups is 1. The first-order valence-electron chi connectivity index (χ1n) is 10.8. The fourth-order valence-electron chi connectivity index (χ4n) is 4.17. The highest BCUT2D eigenvalue weighted by Gasteiger charge is 2.21. The van der Waals surface area contributed by atoms with Crippen LogP contribution < -0.4 is 30.8 Å².